The van der Waals surface area contributed by atoms with Gasteiger partial charge >= 0.3 is 0 Å². The van der Waals surface area contributed by atoms with Gasteiger partial charge in [0.15, 0.2) is 0 Å². The average Bonchev–Trinajstić information content (AvgIpc) is 2.18. The topological polar surface area (TPSA) is 55.2 Å². The van der Waals surface area contributed by atoms with Gasteiger partial charge in [-0.3, -0.25) is 4.70 Å². The number of hydrogen-bond donors (Lipinski definition) is 2. The van der Waals surface area contributed by atoms with Crippen molar-refractivity contribution in [2.75, 3.05) is 0 Å². The molecule has 0 aromatic carbocycles. The summed E-state index contributed by atoms with van der Waals surface area (Å²) in [5.74, 6) is 2.52. The Balaban J connectivity index is -0.000000122. The van der Waals surface area contributed by atoms with Crippen LogP contribution >= 0.6 is 0 Å². The van der Waals surface area contributed by atoms with E-state index in [-0.39, 0.29) is 16.6 Å². The molecule has 0 radical (unpaired) electrons. The van der Waals surface area contributed by atoms with Gasteiger partial charge in [0.1, 0.15) is 5.76 Å². The summed E-state index contributed by atoms with van der Waals surface area (Å²) in [4.78, 5) is 0. The first-order chi connectivity index (χ1) is 7.34. The van der Waals surface area contributed by atoms with Crippen LogP contribution in [0.4, 0.5) is 9.09 Å². The van der Waals surface area contributed by atoms with Crippen LogP contribution in [0.1, 0.15) is 34.1 Å². The summed E-state index contributed by atoms with van der Waals surface area (Å²) in [6, 6.07) is 0. The highest BCUT2D eigenvalue weighted by Crippen LogP contribution is 2.02. The summed E-state index contributed by atoms with van der Waals surface area (Å²) in [5.41, 5.74) is 1.40. The van der Waals surface area contributed by atoms with Crippen molar-refractivity contribution in [1.29, 1.82) is 0 Å². The Morgan fingerprint density at radius 2 is 1.83 bits per heavy atom. The first-order valence-corrected chi connectivity index (χ1v) is 5.19. The van der Waals surface area contributed by atoms with Crippen LogP contribution in [-0.2, 0) is 0 Å². The molecule has 4 heteroatoms. The van der Waals surface area contributed by atoms with E-state index in [1.807, 2.05) is 13.8 Å². The van der Waals surface area contributed by atoms with Crippen LogP contribution in [0, 0.1) is 12.3 Å². The van der Waals surface area contributed by atoms with Crippen molar-refractivity contribution in [1.82, 2.24) is 6.15 Å². The molecule has 0 saturated carbocycles. The van der Waals surface area contributed by atoms with Crippen molar-refractivity contribution in [2.24, 2.45) is 0 Å². The number of allylic oxidation sites excluding steroid dienone is 5. The highest BCUT2D eigenvalue weighted by molar-refractivity contribution is 5.39. The lowest BCUT2D eigenvalue weighted by atomic mass is 10.2. The molecule has 0 heterocycles. The van der Waals surface area contributed by atoms with E-state index in [9.17, 15) is 4.39 Å². The third-order valence-corrected chi connectivity index (χ3v) is 1.64. The molecule has 2 nitrogen and oxygen atoms in total. The Hall–Kier alpha value is -1.60. The predicted molar refractivity (Wildman–Crippen MR) is 76.5 cm³/mol. The second-order valence-electron chi connectivity index (χ2n) is 3.51. The normalized spacial score (nSPS) is 11.8. The lowest BCUT2D eigenvalue weighted by molar-refractivity contribution is 0.352. The molecule has 0 spiro atoms. The molecule has 0 aromatic heterocycles. The minimum Gasteiger partial charge on any atom is -0.511 e. The van der Waals surface area contributed by atoms with Gasteiger partial charge in [0.25, 0.3) is 0 Å². The number of halogens is 2. The first-order valence-electron chi connectivity index (χ1n) is 5.19. The zero-order valence-electron chi connectivity index (χ0n) is 11.7. The SMILES string of the molecule is C#CC(/C=C\C(=C)C)=C(/C)O.CCC(C)F.F.N. The Kier molecular flexibility index (Phi) is 21.6. The fraction of sp³-hybridized carbons (Fsp3) is 0.429. The highest BCUT2D eigenvalue weighted by Gasteiger charge is 1.90. The molecule has 106 valence electrons. The van der Waals surface area contributed by atoms with Gasteiger partial charge in [-0.1, -0.05) is 31.1 Å². The van der Waals surface area contributed by atoms with Crippen molar-refractivity contribution in [3.8, 4) is 12.3 Å². The second-order valence-corrected chi connectivity index (χ2v) is 3.51. The molecule has 4 N–H and O–H groups in total. The molecule has 0 aliphatic carbocycles. The maximum atomic E-state index is 11.4. The van der Waals surface area contributed by atoms with E-state index in [4.69, 9.17) is 11.5 Å². The quantitative estimate of drug-likeness (QED) is 0.441. The minimum absolute atomic E-state index is 0. The van der Waals surface area contributed by atoms with Crippen LogP contribution < -0.4 is 6.15 Å². The van der Waals surface area contributed by atoms with Gasteiger partial charge in [-0.25, -0.2) is 4.39 Å². The van der Waals surface area contributed by atoms with Crippen molar-refractivity contribution < 1.29 is 14.2 Å². The van der Waals surface area contributed by atoms with E-state index >= 15 is 0 Å². The number of hydrogen-bond acceptors (Lipinski definition) is 2. The number of terminal acetylenes is 1. The van der Waals surface area contributed by atoms with Crippen LogP contribution in [0.3, 0.4) is 0 Å². The lowest BCUT2D eigenvalue weighted by Gasteiger charge is -1.92. The molecule has 0 amide bonds. The first kappa shape index (κ1) is 25.3. The van der Waals surface area contributed by atoms with Crippen LogP contribution in [0.15, 0.2) is 35.6 Å². The Bertz CT molecular complexity index is 308. The zero-order chi connectivity index (χ0) is 13.1. The Morgan fingerprint density at radius 3 is 2.00 bits per heavy atom. The van der Waals surface area contributed by atoms with Gasteiger partial charge in [0.2, 0.25) is 0 Å². The van der Waals surface area contributed by atoms with E-state index in [2.05, 4.69) is 12.5 Å². The van der Waals surface area contributed by atoms with Crippen LogP contribution in [0.2, 0.25) is 0 Å². The molecular weight excluding hydrogens is 236 g/mol. The van der Waals surface area contributed by atoms with Crippen LogP contribution in [0.25, 0.3) is 0 Å². The van der Waals surface area contributed by atoms with Gasteiger partial charge in [-0.05, 0) is 33.3 Å². The van der Waals surface area contributed by atoms with Crippen molar-refractivity contribution in [2.45, 2.75) is 40.3 Å². The van der Waals surface area contributed by atoms with Gasteiger partial charge < -0.3 is 11.3 Å². The Labute approximate surface area is 109 Å². The van der Waals surface area contributed by atoms with E-state index in [0.29, 0.717) is 12.0 Å². The van der Waals surface area contributed by atoms with Gasteiger partial charge in [-0.2, -0.15) is 0 Å². The molecular formula is C14H25F2NO. The monoisotopic (exact) mass is 261 g/mol. The fourth-order valence-electron chi connectivity index (χ4n) is 0.499. The van der Waals surface area contributed by atoms with E-state index in [0.717, 1.165) is 5.57 Å². The summed E-state index contributed by atoms with van der Waals surface area (Å²) in [6.07, 6.45) is 8.56. The molecule has 0 saturated heterocycles. The average molecular weight is 261 g/mol. The largest absolute Gasteiger partial charge is 0.511 e. The van der Waals surface area contributed by atoms with E-state index < -0.39 is 6.17 Å². The molecule has 0 aromatic rings. The van der Waals surface area contributed by atoms with Crippen molar-refractivity contribution in [3.63, 3.8) is 0 Å². The number of rotatable bonds is 3. The second kappa shape index (κ2) is 15.4. The maximum absolute atomic E-state index is 11.4. The maximum Gasteiger partial charge on any atom is 0.105 e. The smallest absolute Gasteiger partial charge is 0.105 e. The molecule has 0 bridgehead atoms. The molecule has 0 fully saturated rings. The summed E-state index contributed by atoms with van der Waals surface area (Å²) >= 11 is 0. The summed E-state index contributed by atoms with van der Waals surface area (Å²) in [7, 11) is 0. The summed E-state index contributed by atoms with van der Waals surface area (Å²) in [6.45, 7) is 10.5. The third-order valence-electron chi connectivity index (χ3n) is 1.64. The molecule has 0 rings (SSSR count). The van der Waals surface area contributed by atoms with Gasteiger partial charge in [-0.15, -0.1) is 6.42 Å². The molecule has 0 aliphatic rings. The van der Waals surface area contributed by atoms with Crippen molar-refractivity contribution >= 4 is 0 Å². The van der Waals surface area contributed by atoms with Crippen molar-refractivity contribution in [3.05, 3.63) is 35.6 Å². The standard InChI is InChI=1S/C10H12O.C4H9F.FH.H3N/c1-5-10(9(4)11)7-6-8(2)3;1-3-4(2)5;;/h1,6-7,11H,2H2,3-4H3;4H,3H2,1-2H3;1H;1H3/b7-6-,10-9+;;;. The van der Waals surface area contributed by atoms with Crippen LogP contribution in [-0.4, -0.2) is 11.3 Å². The summed E-state index contributed by atoms with van der Waals surface area (Å²) in [5, 5.41) is 8.98. The summed E-state index contributed by atoms with van der Waals surface area (Å²) < 4.78 is 11.4. The molecule has 1 unspecified atom stereocenters. The minimum atomic E-state index is -0.616. The number of alkyl halides is 1. The Morgan fingerprint density at radius 1 is 1.44 bits per heavy atom. The van der Waals surface area contributed by atoms with E-state index in [1.54, 1.807) is 26.0 Å². The number of aliphatic hydroxyl groups excluding tert-OH is 1. The highest BCUT2D eigenvalue weighted by atomic mass is 19.1. The van der Waals surface area contributed by atoms with E-state index in [1.165, 1.54) is 0 Å². The van der Waals surface area contributed by atoms with Gasteiger partial charge in [0.05, 0.1) is 11.7 Å². The predicted octanol–water partition coefficient (Wildman–Crippen LogP) is 4.65. The molecule has 1 atom stereocenters. The number of aliphatic hydroxyl groups is 1. The lowest BCUT2D eigenvalue weighted by Crippen LogP contribution is -1.83. The molecule has 18 heavy (non-hydrogen) atoms. The van der Waals surface area contributed by atoms with Crippen LogP contribution in [0.5, 0.6) is 0 Å². The third kappa shape index (κ3) is 19.9. The fourth-order valence-corrected chi connectivity index (χ4v) is 0.499. The van der Waals surface area contributed by atoms with Gasteiger partial charge in [0, 0.05) is 0 Å². The molecule has 0 aliphatic heterocycles. The zero-order valence-corrected chi connectivity index (χ0v) is 11.7.